The van der Waals surface area contributed by atoms with Crippen LogP contribution in [0.2, 0.25) is 10.2 Å². The normalized spacial score (nSPS) is 18.6. The molecule has 140 valence electrons. The molecule has 2 saturated carbocycles. The third-order valence-corrected chi connectivity index (χ3v) is 7.56. The zero-order chi connectivity index (χ0) is 19.5. The minimum absolute atomic E-state index is 0.276. The second kappa shape index (κ2) is 6.31. The summed E-state index contributed by atoms with van der Waals surface area (Å²) in [5.74, 6) is 0.531. The molecule has 0 unspecified atom stereocenters. The molecule has 1 N–H and O–H groups in total. The Hall–Kier alpha value is -1.88. The van der Waals surface area contributed by atoms with E-state index in [0.29, 0.717) is 26.4 Å². The van der Waals surface area contributed by atoms with Crippen molar-refractivity contribution in [2.45, 2.75) is 41.5 Å². The standard InChI is InChI=1S/C17H11Cl2N7S2/c18-10-5-9(28-25-17(8-21)3-4-17)6-26-11(10)12(19)22-13(26)14-23-24-15(27-14)16(7-20)1-2-16/h5-6,25H,1-4H2. The summed E-state index contributed by atoms with van der Waals surface area (Å²) in [6.07, 6.45) is 5.14. The molecule has 3 heterocycles. The topological polar surface area (TPSA) is 103 Å². The fourth-order valence-corrected chi connectivity index (χ4v) is 5.44. The molecule has 0 radical (unpaired) electrons. The predicted octanol–water partition coefficient (Wildman–Crippen LogP) is 4.37. The predicted molar refractivity (Wildman–Crippen MR) is 107 cm³/mol. The number of imidazole rings is 1. The van der Waals surface area contributed by atoms with Gasteiger partial charge < -0.3 is 0 Å². The SMILES string of the molecule is N#CC1(NSc2cc(Cl)c3c(Cl)nc(-c4nnc(C5(C#N)CC5)s4)n3c2)CC1. The van der Waals surface area contributed by atoms with Crippen LogP contribution in [0.25, 0.3) is 16.3 Å². The maximum atomic E-state index is 9.39. The maximum Gasteiger partial charge on any atom is 0.184 e. The van der Waals surface area contributed by atoms with E-state index in [9.17, 15) is 10.5 Å². The molecule has 3 aromatic heterocycles. The molecule has 11 heteroatoms. The lowest BCUT2D eigenvalue weighted by Gasteiger charge is -2.09. The Bertz CT molecular complexity index is 1190. The van der Waals surface area contributed by atoms with E-state index in [0.717, 1.165) is 30.6 Å². The Morgan fingerprint density at radius 1 is 1.18 bits per heavy atom. The number of pyridine rings is 1. The first-order valence-corrected chi connectivity index (χ1v) is 10.9. The minimum Gasteiger partial charge on any atom is -0.294 e. The van der Waals surface area contributed by atoms with E-state index in [1.165, 1.54) is 23.3 Å². The van der Waals surface area contributed by atoms with Crippen LogP contribution in [0, 0.1) is 22.7 Å². The molecule has 0 amide bonds. The van der Waals surface area contributed by atoms with E-state index in [-0.39, 0.29) is 5.15 Å². The number of hydrogen-bond donors (Lipinski definition) is 1. The van der Waals surface area contributed by atoms with Gasteiger partial charge >= 0.3 is 0 Å². The Morgan fingerprint density at radius 2 is 1.96 bits per heavy atom. The molecule has 0 aromatic carbocycles. The van der Waals surface area contributed by atoms with Crippen LogP contribution in [0.1, 0.15) is 30.7 Å². The van der Waals surface area contributed by atoms with Crippen LogP contribution >= 0.6 is 46.5 Å². The zero-order valence-corrected chi connectivity index (χ0v) is 17.4. The third-order valence-electron chi connectivity index (χ3n) is 4.94. The lowest BCUT2D eigenvalue weighted by Crippen LogP contribution is -2.22. The number of nitrogens with one attached hydrogen (secondary N) is 1. The summed E-state index contributed by atoms with van der Waals surface area (Å²) in [6, 6.07) is 6.42. The molecule has 28 heavy (non-hydrogen) atoms. The largest absolute Gasteiger partial charge is 0.294 e. The molecule has 5 rings (SSSR count). The van der Waals surface area contributed by atoms with Crippen molar-refractivity contribution in [3.8, 4) is 23.0 Å². The second-order valence-corrected chi connectivity index (χ2v) is 9.60. The van der Waals surface area contributed by atoms with Crippen molar-refractivity contribution in [3.63, 3.8) is 0 Å². The number of rotatable bonds is 5. The van der Waals surface area contributed by atoms with Crippen LogP contribution in [0.4, 0.5) is 0 Å². The molecular formula is C17H11Cl2N7S2. The second-order valence-electron chi connectivity index (χ2n) is 6.97. The van der Waals surface area contributed by atoms with Crippen molar-refractivity contribution in [3.05, 3.63) is 27.4 Å². The fourth-order valence-electron chi connectivity index (χ4n) is 2.83. The van der Waals surface area contributed by atoms with Gasteiger partial charge in [0.25, 0.3) is 0 Å². The van der Waals surface area contributed by atoms with Crippen LogP contribution < -0.4 is 4.72 Å². The van der Waals surface area contributed by atoms with Crippen molar-refractivity contribution in [1.29, 1.82) is 10.5 Å². The summed E-state index contributed by atoms with van der Waals surface area (Å²) >= 11 is 15.5. The number of hydrogen-bond acceptors (Lipinski definition) is 8. The van der Waals surface area contributed by atoms with Crippen molar-refractivity contribution >= 4 is 52.0 Å². The molecule has 0 aliphatic heterocycles. The summed E-state index contributed by atoms with van der Waals surface area (Å²) < 4.78 is 4.99. The molecule has 0 saturated heterocycles. The summed E-state index contributed by atoms with van der Waals surface area (Å²) in [4.78, 5) is 5.26. The number of nitrogens with zero attached hydrogens (tertiary/aromatic N) is 6. The lowest BCUT2D eigenvalue weighted by molar-refractivity contribution is 0.799. The van der Waals surface area contributed by atoms with Crippen LogP contribution in [0.3, 0.4) is 0 Å². The maximum absolute atomic E-state index is 9.39. The Morgan fingerprint density at radius 3 is 2.61 bits per heavy atom. The molecule has 0 spiro atoms. The van der Waals surface area contributed by atoms with Gasteiger partial charge in [0.15, 0.2) is 16.0 Å². The molecule has 7 nitrogen and oxygen atoms in total. The number of halogens is 2. The number of fused-ring (bicyclic) bond motifs is 1. The molecule has 2 fully saturated rings. The van der Waals surface area contributed by atoms with E-state index in [1.807, 2.05) is 6.20 Å². The van der Waals surface area contributed by atoms with Crippen molar-refractivity contribution in [2.75, 3.05) is 0 Å². The van der Waals surface area contributed by atoms with E-state index < -0.39 is 11.0 Å². The molecule has 3 aromatic rings. The van der Waals surface area contributed by atoms with Crippen LogP contribution in [0.5, 0.6) is 0 Å². The number of aromatic nitrogens is 4. The van der Waals surface area contributed by atoms with Crippen molar-refractivity contribution in [1.82, 2.24) is 24.3 Å². The van der Waals surface area contributed by atoms with Crippen LogP contribution in [-0.4, -0.2) is 25.1 Å². The summed E-state index contributed by atoms with van der Waals surface area (Å²) in [5.41, 5.74) is -0.362. The monoisotopic (exact) mass is 447 g/mol. The Kier molecular flexibility index (Phi) is 4.10. The molecule has 2 aliphatic carbocycles. The first-order valence-electron chi connectivity index (χ1n) is 8.47. The minimum atomic E-state index is -0.495. The number of nitriles is 2. The molecule has 0 bridgehead atoms. The Labute approximate surface area is 178 Å². The van der Waals surface area contributed by atoms with Gasteiger partial charge in [-0.25, -0.2) is 9.71 Å². The molecule has 2 aliphatic rings. The summed E-state index contributed by atoms with van der Waals surface area (Å²) in [7, 11) is 0. The van der Waals surface area contributed by atoms with Crippen LogP contribution in [0.15, 0.2) is 17.2 Å². The van der Waals surface area contributed by atoms with Gasteiger partial charge in [-0.3, -0.25) is 4.40 Å². The average molecular weight is 448 g/mol. The quantitative estimate of drug-likeness (QED) is 0.579. The highest BCUT2D eigenvalue weighted by atomic mass is 35.5. The van der Waals surface area contributed by atoms with Gasteiger partial charge in [-0.1, -0.05) is 34.5 Å². The fraction of sp³-hybridized carbons (Fsp3) is 0.353. The van der Waals surface area contributed by atoms with Crippen molar-refractivity contribution in [2.24, 2.45) is 0 Å². The highest BCUT2D eigenvalue weighted by Gasteiger charge is 2.48. The zero-order valence-electron chi connectivity index (χ0n) is 14.2. The highest BCUT2D eigenvalue weighted by Crippen LogP contribution is 2.49. The van der Waals surface area contributed by atoms with Crippen LogP contribution in [-0.2, 0) is 5.41 Å². The third kappa shape index (κ3) is 2.86. The van der Waals surface area contributed by atoms with Gasteiger partial charge in [-0.05, 0) is 43.7 Å². The van der Waals surface area contributed by atoms with Gasteiger partial charge in [0.2, 0.25) is 0 Å². The summed E-state index contributed by atoms with van der Waals surface area (Å²) in [6.45, 7) is 0. The van der Waals surface area contributed by atoms with Gasteiger partial charge in [-0.2, -0.15) is 10.5 Å². The van der Waals surface area contributed by atoms with Gasteiger partial charge in [-0.15, -0.1) is 10.2 Å². The van der Waals surface area contributed by atoms with Gasteiger partial charge in [0.1, 0.15) is 21.5 Å². The van der Waals surface area contributed by atoms with E-state index in [2.05, 4.69) is 32.0 Å². The summed E-state index contributed by atoms with van der Waals surface area (Å²) in [5, 5.41) is 29.1. The first kappa shape index (κ1) is 18.2. The Balaban J connectivity index is 1.54. The van der Waals surface area contributed by atoms with Crippen molar-refractivity contribution < 1.29 is 0 Å². The first-order chi connectivity index (χ1) is 13.5. The van der Waals surface area contributed by atoms with Gasteiger partial charge in [0.05, 0.1) is 17.2 Å². The van der Waals surface area contributed by atoms with Gasteiger partial charge in [0, 0.05) is 11.1 Å². The molecular weight excluding hydrogens is 437 g/mol. The van der Waals surface area contributed by atoms with E-state index in [1.54, 1.807) is 10.5 Å². The molecule has 0 atom stereocenters. The highest BCUT2D eigenvalue weighted by molar-refractivity contribution is 7.97. The average Bonchev–Trinajstić information content (AvgIpc) is 3.59. The smallest absolute Gasteiger partial charge is 0.184 e. The lowest BCUT2D eigenvalue weighted by atomic mass is 10.1. The van der Waals surface area contributed by atoms with E-state index in [4.69, 9.17) is 23.2 Å². The van der Waals surface area contributed by atoms with E-state index >= 15 is 0 Å².